The van der Waals surface area contributed by atoms with E-state index in [2.05, 4.69) is 4.98 Å². The van der Waals surface area contributed by atoms with E-state index >= 15 is 0 Å². The summed E-state index contributed by atoms with van der Waals surface area (Å²) in [6, 6.07) is 10.7. The summed E-state index contributed by atoms with van der Waals surface area (Å²) in [7, 11) is -2.64. The summed E-state index contributed by atoms with van der Waals surface area (Å²) in [6.45, 7) is 1.74. The monoisotopic (exact) mass is 438 g/mol. The molecule has 3 rings (SSSR count). The number of hydrogen-bond acceptors (Lipinski definition) is 4. The first-order chi connectivity index (χ1) is 13.7. The third-order valence-electron chi connectivity index (χ3n) is 4.31. The zero-order chi connectivity index (χ0) is 21.2. The van der Waals surface area contributed by atoms with Crippen LogP contribution >= 0.6 is 11.6 Å². The first kappa shape index (κ1) is 21.0. The highest BCUT2D eigenvalue weighted by atomic mass is 35.5. The van der Waals surface area contributed by atoms with Crippen LogP contribution in [0.15, 0.2) is 59.6 Å². The minimum atomic E-state index is -4.17. The second kappa shape index (κ2) is 8.34. The molecule has 0 N–H and O–H groups in total. The number of ether oxygens (including phenoxy) is 1. The molecular formula is C20H17ClF2N2O3S. The highest BCUT2D eigenvalue weighted by molar-refractivity contribution is 7.92. The van der Waals surface area contributed by atoms with Crippen LogP contribution in [-0.4, -0.2) is 20.5 Å². The number of benzene rings is 2. The van der Waals surface area contributed by atoms with Gasteiger partial charge in [-0.15, -0.1) is 0 Å². The van der Waals surface area contributed by atoms with Gasteiger partial charge in [0.05, 0.1) is 29.8 Å². The fourth-order valence-corrected chi connectivity index (χ4v) is 4.37. The molecular weight excluding hydrogens is 422 g/mol. The summed E-state index contributed by atoms with van der Waals surface area (Å²) in [5.41, 5.74) is 1.48. The van der Waals surface area contributed by atoms with Crippen LogP contribution in [0, 0.1) is 18.6 Å². The molecule has 29 heavy (non-hydrogen) atoms. The Bertz CT molecular complexity index is 1140. The number of aromatic nitrogens is 1. The van der Waals surface area contributed by atoms with Crippen LogP contribution in [0.3, 0.4) is 0 Å². The molecule has 0 spiro atoms. The molecule has 9 heteroatoms. The second-order valence-corrected chi connectivity index (χ2v) is 8.48. The molecule has 0 saturated carbocycles. The van der Waals surface area contributed by atoms with Gasteiger partial charge in [-0.25, -0.2) is 26.5 Å². The fraction of sp³-hybridized carbons (Fsp3) is 0.150. The van der Waals surface area contributed by atoms with Gasteiger partial charge in [0.15, 0.2) is 0 Å². The van der Waals surface area contributed by atoms with E-state index in [0.717, 1.165) is 40.3 Å². The highest BCUT2D eigenvalue weighted by Gasteiger charge is 2.27. The molecule has 0 aliphatic heterocycles. The van der Waals surface area contributed by atoms with Crippen LogP contribution < -0.4 is 9.04 Å². The van der Waals surface area contributed by atoms with Crippen molar-refractivity contribution in [2.24, 2.45) is 0 Å². The van der Waals surface area contributed by atoms with Crippen molar-refractivity contribution in [3.8, 4) is 5.75 Å². The average Bonchev–Trinajstić information content (AvgIpc) is 2.69. The molecule has 1 aromatic heterocycles. The summed E-state index contributed by atoms with van der Waals surface area (Å²) in [4.78, 5) is 3.70. The topological polar surface area (TPSA) is 59.5 Å². The van der Waals surface area contributed by atoms with Gasteiger partial charge in [0, 0.05) is 0 Å². The Hall–Kier alpha value is -2.71. The Morgan fingerprint density at radius 1 is 1.10 bits per heavy atom. The third kappa shape index (κ3) is 4.49. The Morgan fingerprint density at radius 3 is 2.45 bits per heavy atom. The molecule has 0 bridgehead atoms. The number of anilines is 1. The number of aryl methyl sites for hydroxylation is 1. The van der Waals surface area contributed by atoms with Gasteiger partial charge in [-0.1, -0.05) is 17.7 Å². The quantitative estimate of drug-likeness (QED) is 0.558. The number of sulfonamides is 1. The van der Waals surface area contributed by atoms with Crippen molar-refractivity contribution in [2.45, 2.75) is 18.4 Å². The van der Waals surface area contributed by atoms with Gasteiger partial charge < -0.3 is 4.74 Å². The summed E-state index contributed by atoms with van der Waals surface area (Å²) in [5.74, 6) is -0.687. The summed E-state index contributed by atoms with van der Waals surface area (Å²) in [5, 5.41) is -0.321. The summed E-state index contributed by atoms with van der Waals surface area (Å²) in [6.07, 6.45) is 0.927. The van der Waals surface area contributed by atoms with Crippen molar-refractivity contribution in [1.29, 1.82) is 0 Å². The van der Waals surface area contributed by atoms with E-state index in [4.69, 9.17) is 16.3 Å². The van der Waals surface area contributed by atoms with Crippen molar-refractivity contribution < 1.29 is 21.9 Å². The maximum Gasteiger partial charge on any atom is 0.265 e. The molecule has 0 amide bonds. The molecule has 1 heterocycles. The van der Waals surface area contributed by atoms with Crippen LogP contribution in [0.5, 0.6) is 5.75 Å². The predicted molar refractivity (Wildman–Crippen MR) is 107 cm³/mol. The molecule has 0 atom stereocenters. The molecule has 0 saturated heterocycles. The normalized spacial score (nSPS) is 11.3. The van der Waals surface area contributed by atoms with E-state index in [-0.39, 0.29) is 22.3 Å². The van der Waals surface area contributed by atoms with Gasteiger partial charge in [-0.05, 0) is 60.5 Å². The number of methoxy groups -OCH3 is 1. The Labute approximate surface area is 172 Å². The lowest BCUT2D eigenvalue weighted by molar-refractivity contribution is 0.414. The Balaban J connectivity index is 2.10. The lowest BCUT2D eigenvalue weighted by atomic mass is 10.1. The Morgan fingerprint density at radius 2 is 1.86 bits per heavy atom. The fourth-order valence-electron chi connectivity index (χ4n) is 2.70. The van der Waals surface area contributed by atoms with Crippen molar-refractivity contribution in [3.05, 3.63) is 82.5 Å². The lowest BCUT2D eigenvalue weighted by Gasteiger charge is -2.24. The van der Waals surface area contributed by atoms with E-state index < -0.39 is 21.7 Å². The van der Waals surface area contributed by atoms with Crippen LogP contribution in [0.4, 0.5) is 14.6 Å². The number of rotatable bonds is 6. The average molecular weight is 439 g/mol. The lowest BCUT2D eigenvalue weighted by Crippen LogP contribution is -2.31. The van der Waals surface area contributed by atoms with E-state index in [9.17, 15) is 17.2 Å². The molecule has 0 fully saturated rings. The first-order valence-corrected chi connectivity index (χ1v) is 10.3. The van der Waals surface area contributed by atoms with Crippen molar-refractivity contribution in [3.63, 3.8) is 0 Å². The van der Waals surface area contributed by atoms with E-state index in [1.165, 1.54) is 13.2 Å². The first-order valence-electron chi connectivity index (χ1n) is 8.45. The van der Waals surface area contributed by atoms with Gasteiger partial charge in [0.25, 0.3) is 10.0 Å². The predicted octanol–water partition coefficient (Wildman–Crippen LogP) is 4.73. The summed E-state index contributed by atoms with van der Waals surface area (Å²) < 4.78 is 59.7. The van der Waals surface area contributed by atoms with Crippen LogP contribution in [0.25, 0.3) is 0 Å². The Kier molecular flexibility index (Phi) is 6.04. The number of nitrogens with zero attached hydrogens (tertiary/aromatic N) is 2. The molecule has 152 valence electrons. The van der Waals surface area contributed by atoms with E-state index in [1.54, 1.807) is 18.2 Å². The molecule has 3 aromatic rings. The van der Waals surface area contributed by atoms with Crippen molar-refractivity contribution in [1.82, 2.24) is 4.98 Å². The van der Waals surface area contributed by atoms with Gasteiger partial charge in [-0.2, -0.15) is 0 Å². The largest absolute Gasteiger partial charge is 0.497 e. The molecule has 0 aliphatic rings. The second-order valence-electron chi connectivity index (χ2n) is 6.21. The number of halogens is 3. The molecule has 2 aromatic carbocycles. The third-order valence-corrected chi connectivity index (χ3v) is 6.35. The van der Waals surface area contributed by atoms with Gasteiger partial charge in [0.2, 0.25) is 0 Å². The zero-order valence-electron chi connectivity index (χ0n) is 15.6. The molecule has 5 nitrogen and oxygen atoms in total. The maximum atomic E-state index is 13.5. The zero-order valence-corrected chi connectivity index (χ0v) is 17.1. The van der Waals surface area contributed by atoms with Gasteiger partial charge in [-0.3, -0.25) is 0 Å². The number of pyridine rings is 1. The minimum absolute atomic E-state index is 0.0158. The highest BCUT2D eigenvalue weighted by Crippen LogP contribution is 2.28. The smallest absolute Gasteiger partial charge is 0.265 e. The van der Waals surface area contributed by atoms with Gasteiger partial charge in [0.1, 0.15) is 23.2 Å². The standard InChI is InChI=1S/C20H17ClF2N2O3S/c1-13-9-16(28-2)5-3-14(13)12-25(20-8-4-15(22)11-24-20)29(26,27)17-6-7-19(23)18(21)10-17/h3-11H,12H2,1-2H3. The molecule has 0 unspecified atom stereocenters. The maximum absolute atomic E-state index is 13.5. The van der Waals surface area contributed by atoms with Crippen molar-refractivity contribution >= 4 is 27.4 Å². The van der Waals surface area contributed by atoms with Gasteiger partial charge >= 0.3 is 0 Å². The number of hydrogen-bond donors (Lipinski definition) is 0. The van der Waals surface area contributed by atoms with E-state index in [1.807, 2.05) is 6.92 Å². The molecule has 0 radical (unpaired) electrons. The van der Waals surface area contributed by atoms with Crippen molar-refractivity contribution in [2.75, 3.05) is 11.4 Å². The SMILES string of the molecule is COc1ccc(CN(c2ccc(F)cn2)S(=O)(=O)c2ccc(F)c(Cl)c2)c(C)c1. The minimum Gasteiger partial charge on any atom is -0.497 e. The van der Waals surface area contributed by atoms with E-state index in [0.29, 0.717) is 11.3 Å². The summed E-state index contributed by atoms with van der Waals surface area (Å²) >= 11 is 5.77. The van der Waals surface area contributed by atoms with Crippen LogP contribution in [0.2, 0.25) is 5.02 Å². The molecule has 0 aliphatic carbocycles. The van der Waals surface area contributed by atoms with Crippen LogP contribution in [0.1, 0.15) is 11.1 Å². The van der Waals surface area contributed by atoms with Crippen LogP contribution in [-0.2, 0) is 16.6 Å².